The molecule has 8 heavy (non-hydrogen) atoms. The zero-order valence-corrected chi connectivity index (χ0v) is 5.48. The minimum absolute atomic E-state index is 1.01. The van der Waals surface area contributed by atoms with Gasteiger partial charge in [-0.05, 0) is 19.8 Å². The van der Waals surface area contributed by atoms with E-state index in [4.69, 9.17) is 0 Å². The first kappa shape index (κ1) is 4.80. The van der Waals surface area contributed by atoms with Gasteiger partial charge in [0, 0.05) is 5.92 Å². The second-order valence-corrected chi connectivity index (χ2v) is 3.41. The van der Waals surface area contributed by atoms with Crippen molar-refractivity contribution in [1.29, 1.82) is 0 Å². The SMILES string of the molecule is CC1C[NH+]1CC1CC1. The van der Waals surface area contributed by atoms with Gasteiger partial charge in [-0.2, -0.15) is 0 Å². The summed E-state index contributed by atoms with van der Waals surface area (Å²) in [5.74, 6) is 1.13. The maximum absolute atomic E-state index is 2.34. The molecule has 1 aliphatic heterocycles. The van der Waals surface area contributed by atoms with Crippen LogP contribution in [0.5, 0.6) is 0 Å². The van der Waals surface area contributed by atoms with Gasteiger partial charge >= 0.3 is 0 Å². The first-order valence-corrected chi connectivity index (χ1v) is 3.71. The van der Waals surface area contributed by atoms with E-state index >= 15 is 0 Å². The van der Waals surface area contributed by atoms with E-state index in [1.54, 1.807) is 0 Å². The third-order valence-corrected chi connectivity index (χ3v) is 2.35. The van der Waals surface area contributed by atoms with Crippen LogP contribution in [0.4, 0.5) is 0 Å². The van der Waals surface area contributed by atoms with Gasteiger partial charge in [-0.3, -0.25) is 0 Å². The van der Waals surface area contributed by atoms with Crippen molar-refractivity contribution in [3.8, 4) is 0 Å². The van der Waals surface area contributed by atoms with Gasteiger partial charge in [-0.1, -0.05) is 0 Å². The maximum Gasteiger partial charge on any atom is 0.134 e. The lowest BCUT2D eigenvalue weighted by Gasteiger charge is -1.91. The van der Waals surface area contributed by atoms with Crippen LogP contribution in [0.3, 0.4) is 0 Å². The van der Waals surface area contributed by atoms with Crippen molar-refractivity contribution in [2.75, 3.05) is 13.1 Å². The Morgan fingerprint density at radius 3 is 2.50 bits per heavy atom. The minimum Gasteiger partial charge on any atom is -0.323 e. The van der Waals surface area contributed by atoms with Crippen LogP contribution in [0, 0.1) is 5.92 Å². The fourth-order valence-corrected chi connectivity index (χ4v) is 1.31. The van der Waals surface area contributed by atoms with Crippen LogP contribution in [0.25, 0.3) is 0 Å². The van der Waals surface area contributed by atoms with Crippen LogP contribution in [-0.2, 0) is 0 Å². The van der Waals surface area contributed by atoms with Crippen molar-refractivity contribution >= 4 is 0 Å². The highest BCUT2D eigenvalue weighted by Gasteiger charge is 2.39. The normalized spacial score (nSPS) is 44.6. The van der Waals surface area contributed by atoms with Gasteiger partial charge in [-0.15, -0.1) is 0 Å². The number of hydrogen-bond donors (Lipinski definition) is 1. The fourth-order valence-electron chi connectivity index (χ4n) is 1.31. The molecule has 0 radical (unpaired) electrons. The standard InChI is InChI=1S/C7H13N/c1-6-4-8(6)5-7-2-3-7/h6-7H,2-5H2,1H3/p+1. The molecule has 2 atom stereocenters. The molecular weight excluding hydrogens is 98.1 g/mol. The molecule has 0 aromatic rings. The summed E-state index contributed by atoms with van der Waals surface area (Å²) in [7, 11) is 0. The monoisotopic (exact) mass is 112 g/mol. The lowest BCUT2D eigenvalue weighted by molar-refractivity contribution is -0.775. The maximum atomic E-state index is 2.34. The molecule has 1 saturated carbocycles. The Kier molecular flexibility index (Phi) is 0.884. The minimum atomic E-state index is 1.01. The Hall–Kier alpha value is -0.0400. The molecular formula is C7H14N+. The molecule has 2 aliphatic rings. The molecule has 2 unspecified atom stereocenters. The summed E-state index contributed by atoms with van der Waals surface area (Å²) in [4.78, 5) is 1.85. The highest BCUT2D eigenvalue weighted by atomic mass is 15.3. The average molecular weight is 112 g/mol. The Bertz CT molecular complexity index is 96.6. The smallest absolute Gasteiger partial charge is 0.134 e. The van der Waals surface area contributed by atoms with E-state index in [0.717, 1.165) is 12.0 Å². The summed E-state index contributed by atoms with van der Waals surface area (Å²) in [6, 6.07) is 1.01. The van der Waals surface area contributed by atoms with Gasteiger partial charge in [0.15, 0.2) is 0 Å². The summed E-state index contributed by atoms with van der Waals surface area (Å²) in [5.41, 5.74) is 0. The van der Waals surface area contributed by atoms with Crippen LogP contribution in [0.2, 0.25) is 0 Å². The predicted molar refractivity (Wildman–Crippen MR) is 32.9 cm³/mol. The zero-order chi connectivity index (χ0) is 5.56. The third kappa shape index (κ3) is 0.873. The summed E-state index contributed by atoms with van der Waals surface area (Å²) < 4.78 is 0. The predicted octanol–water partition coefficient (Wildman–Crippen LogP) is -0.317. The van der Waals surface area contributed by atoms with E-state index in [1.807, 2.05) is 4.90 Å². The van der Waals surface area contributed by atoms with E-state index in [2.05, 4.69) is 6.92 Å². The molecule has 0 aromatic carbocycles. The van der Waals surface area contributed by atoms with Crippen LogP contribution >= 0.6 is 0 Å². The largest absolute Gasteiger partial charge is 0.323 e. The summed E-state index contributed by atoms with van der Waals surface area (Å²) >= 11 is 0. The highest BCUT2D eigenvalue weighted by molar-refractivity contribution is 4.73. The summed E-state index contributed by atoms with van der Waals surface area (Å²) in [6.45, 7) is 5.29. The van der Waals surface area contributed by atoms with Crippen molar-refractivity contribution in [3.05, 3.63) is 0 Å². The van der Waals surface area contributed by atoms with Gasteiger partial charge in [0.2, 0.25) is 0 Å². The van der Waals surface area contributed by atoms with Crippen LogP contribution in [0.15, 0.2) is 0 Å². The van der Waals surface area contributed by atoms with Crippen molar-refractivity contribution in [3.63, 3.8) is 0 Å². The topological polar surface area (TPSA) is 4.44 Å². The number of nitrogens with one attached hydrogen (secondary N) is 1. The Morgan fingerprint density at radius 1 is 1.50 bits per heavy atom. The van der Waals surface area contributed by atoms with Crippen LogP contribution in [-0.4, -0.2) is 19.1 Å². The Morgan fingerprint density at radius 2 is 2.12 bits per heavy atom. The molecule has 1 saturated heterocycles. The van der Waals surface area contributed by atoms with Crippen LogP contribution < -0.4 is 4.90 Å². The Labute approximate surface area is 50.7 Å². The van der Waals surface area contributed by atoms with E-state index < -0.39 is 0 Å². The molecule has 1 nitrogen and oxygen atoms in total. The quantitative estimate of drug-likeness (QED) is 0.467. The zero-order valence-electron chi connectivity index (χ0n) is 5.48. The first-order valence-electron chi connectivity index (χ1n) is 3.71. The number of hydrogen-bond acceptors (Lipinski definition) is 0. The molecule has 46 valence electrons. The van der Waals surface area contributed by atoms with Gasteiger partial charge in [0.1, 0.15) is 12.6 Å². The van der Waals surface area contributed by atoms with E-state index in [-0.39, 0.29) is 0 Å². The fraction of sp³-hybridized carbons (Fsp3) is 1.00. The average Bonchev–Trinajstić information content (AvgIpc) is 2.52. The molecule has 1 N–H and O–H groups in total. The summed E-state index contributed by atoms with van der Waals surface area (Å²) in [6.07, 6.45) is 3.05. The number of rotatable bonds is 2. The second kappa shape index (κ2) is 1.47. The summed E-state index contributed by atoms with van der Waals surface area (Å²) in [5, 5.41) is 0. The van der Waals surface area contributed by atoms with Crippen LogP contribution in [0.1, 0.15) is 19.8 Å². The van der Waals surface area contributed by atoms with E-state index in [1.165, 1.54) is 25.9 Å². The lowest BCUT2D eigenvalue weighted by Crippen LogP contribution is -2.94. The number of quaternary nitrogens is 1. The molecule has 1 heteroatoms. The van der Waals surface area contributed by atoms with E-state index in [0.29, 0.717) is 0 Å². The van der Waals surface area contributed by atoms with Crippen molar-refractivity contribution < 1.29 is 4.90 Å². The molecule has 0 spiro atoms. The third-order valence-electron chi connectivity index (χ3n) is 2.35. The van der Waals surface area contributed by atoms with Gasteiger partial charge in [0.25, 0.3) is 0 Å². The van der Waals surface area contributed by atoms with Crippen molar-refractivity contribution in [1.82, 2.24) is 0 Å². The van der Waals surface area contributed by atoms with Gasteiger partial charge in [-0.25, -0.2) is 0 Å². The van der Waals surface area contributed by atoms with E-state index in [9.17, 15) is 0 Å². The lowest BCUT2D eigenvalue weighted by atomic mass is 10.4. The first-order chi connectivity index (χ1) is 3.86. The van der Waals surface area contributed by atoms with Crippen molar-refractivity contribution in [2.24, 2.45) is 5.92 Å². The Balaban J connectivity index is 1.69. The molecule has 1 aliphatic carbocycles. The van der Waals surface area contributed by atoms with Gasteiger partial charge < -0.3 is 4.90 Å². The molecule has 0 amide bonds. The van der Waals surface area contributed by atoms with Gasteiger partial charge in [0.05, 0.1) is 6.54 Å². The molecule has 0 aromatic heterocycles. The molecule has 1 heterocycles. The molecule has 2 rings (SSSR count). The molecule has 0 bridgehead atoms. The second-order valence-electron chi connectivity index (χ2n) is 3.41. The highest BCUT2D eigenvalue weighted by Crippen LogP contribution is 2.27. The van der Waals surface area contributed by atoms with Crippen molar-refractivity contribution in [2.45, 2.75) is 25.8 Å². The molecule has 2 fully saturated rings.